The number of nitrogens with one attached hydrogen (secondary N) is 2. The number of hydrogen-bond acceptors (Lipinski definition) is 6. The summed E-state index contributed by atoms with van der Waals surface area (Å²) in [5, 5.41) is 12.4. The Bertz CT molecular complexity index is 1070. The van der Waals surface area contributed by atoms with Crippen molar-refractivity contribution in [2.75, 3.05) is 11.9 Å². The van der Waals surface area contributed by atoms with Crippen molar-refractivity contribution in [2.45, 2.75) is 46.1 Å². The molecule has 3 aromatic heterocycles. The van der Waals surface area contributed by atoms with Crippen molar-refractivity contribution < 1.29 is 5.11 Å². The van der Waals surface area contributed by atoms with Gasteiger partial charge in [-0.1, -0.05) is 6.07 Å². The van der Waals surface area contributed by atoms with Gasteiger partial charge in [0, 0.05) is 47.3 Å². The van der Waals surface area contributed by atoms with E-state index in [4.69, 9.17) is 0 Å². The van der Waals surface area contributed by atoms with E-state index in [1.807, 2.05) is 19.2 Å². The monoisotopic (exact) mass is 471 g/mol. The average Bonchev–Trinajstić information content (AvgIpc) is 2.71. The maximum absolute atomic E-state index is 12.4. The summed E-state index contributed by atoms with van der Waals surface area (Å²) in [7, 11) is 0. The van der Waals surface area contributed by atoms with Crippen LogP contribution in [0.2, 0.25) is 0 Å². The minimum absolute atomic E-state index is 0.0894. The van der Waals surface area contributed by atoms with E-state index < -0.39 is 0 Å². The second-order valence-electron chi connectivity index (χ2n) is 7.33. The van der Waals surface area contributed by atoms with Crippen molar-refractivity contribution in [3.8, 4) is 0 Å². The molecular weight excluding hydrogens is 446 g/mol. The smallest absolute Gasteiger partial charge is 0.255 e. The third-order valence-electron chi connectivity index (χ3n) is 4.95. The van der Waals surface area contributed by atoms with Crippen LogP contribution < -0.4 is 10.9 Å². The predicted molar refractivity (Wildman–Crippen MR) is 121 cm³/mol. The van der Waals surface area contributed by atoms with Gasteiger partial charge in [-0.05, 0) is 71.8 Å². The second kappa shape index (κ2) is 10.4. The number of rotatable bonds is 9. The van der Waals surface area contributed by atoms with E-state index in [0.717, 1.165) is 47.1 Å². The fourth-order valence-corrected chi connectivity index (χ4v) is 3.68. The average molecular weight is 472 g/mol. The number of aliphatic hydroxyl groups is 1. The molecule has 0 aliphatic carbocycles. The predicted octanol–water partition coefficient (Wildman–Crippen LogP) is 3.46. The van der Waals surface area contributed by atoms with Crippen LogP contribution in [-0.2, 0) is 19.4 Å². The molecule has 158 valence electrons. The first kappa shape index (κ1) is 22.1. The van der Waals surface area contributed by atoms with Crippen LogP contribution in [0.4, 0.5) is 5.95 Å². The largest absolute Gasteiger partial charge is 0.390 e. The van der Waals surface area contributed by atoms with Crippen LogP contribution in [0.25, 0.3) is 0 Å². The van der Waals surface area contributed by atoms with Crippen LogP contribution in [0.15, 0.2) is 40.0 Å². The molecule has 30 heavy (non-hydrogen) atoms. The Morgan fingerprint density at radius 3 is 2.50 bits per heavy atom. The fraction of sp³-hybridized carbons (Fsp3) is 0.364. The highest BCUT2D eigenvalue weighted by atomic mass is 79.9. The third kappa shape index (κ3) is 5.96. The van der Waals surface area contributed by atoms with E-state index in [-0.39, 0.29) is 12.2 Å². The molecule has 7 nitrogen and oxygen atoms in total. The molecule has 3 N–H and O–H groups in total. The lowest BCUT2D eigenvalue weighted by atomic mass is 10.1. The normalized spacial score (nSPS) is 10.9. The van der Waals surface area contributed by atoms with E-state index in [0.29, 0.717) is 23.6 Å². The quantitative estimate of drug-likeness (QED) is 0.412. The lowest BCUT2D eigenvalue weighted by Gasteiger charge is -2.08. The molecular formula is C22H26BrN5O2. The summed E-state index contributed by atoms with van der Waals surface area (Å²) in [6.45, 7) is 4.60. The Labute approximate surface area is 184 Å². The van der Waals surface area contributed by atoms with E-state index in [1.165, 1.54) is 5.56 Å². The van der Waals surface area contributed by atoms with Crippen molar-refractivity contribution in [2.24, 2.45) is 0 Å². The van der Waals surface area contributed by atoms with Gasteiger partial charge in [0.2, 0.25) is 5.95 Å². The standard InChI is InChI=1S/C22H26BrN5O2/c1-14-7-16(10-25-20(14)13-29)9-17-11-27-22(28-21(17)30)24-6-4-3-5-19-15(2)8-18(23)12-26-19/h7-8,10-12,29H,3-6,9,13H2,1-2H3,(H2,24,27,28,30). The molecule has 0 radical (unpaired) electrons. The molecule has 0 aromatic carbocycles. The molecule has 3 aromatic rings. The van der Waals surface area contributed by atoms with Crippen molar-refractivity contribution >= 4 is 21.9 Å². The first-order valence-electron chi connectivity index (χ1n) is 9.94. The molecule has 0 aliphatic heterocycles. The van der Waals surface area contributed by atoms with Crippen LogP contribution in [-0.4, -0.2) is 31.6 Å². The number of hydrogen-bond donors (Lipinski definition) is 3. The number of unbranched alkanes of at least 4 members (excludes halogenated alkanes) is 1. The van der Waals surface area contributed by atoms with Gasteiger partial charge in [0.05, 0.1) is 12.3 Å². The number of aliphatic hydroxyl groups excluding tert-OH is 1. The number of halogens is 1. The van der Waals surface area contributed by atoms with Gasteiger partial charge in [0.1, 0.15) is 0 Å². The molecule has 0 atom stereocenters. The molecule has 0 spiro atoms. The molecule has 0 unspecified atom stereocenters. The van der Waals surface area contributed by atoms with Crippen LogP contribution in [0.5, 0.6) is 0 Å². The maximum atomic E-state index is 12.4. The van der Waals surface area contributed by atoms with Gasteiger partial charge in [-0.3, -0.25) is 19.7 Å². The van der Waals surface area contributed by atoms with Crippen molar-refractivity contribution in [3.63, 3.8) is 0 Å². The minimum Gasteiger partial charge on any atom is -0.390 e. The van der Waals surface area contributed by atoms with E-state index in [1.54, 1.807) is 12.4 Å². The van der Waals surface area contributed by atoms with Gasteiger partial charge in [0.25, 0.3) is 5.56 Å². The maximum Gasteiger partial charge on any atom is 0.255 e. The van der Waals surface area contributed by atoms with Crippen molar-refractivity contribution in [1.82, 2.24) is 19.9 Å². The molecule has 0 amide bonds. The van der Waals surface area contributed by atoms with Crippen LogP contribution in [0.3, 0.4) is 0 Å². The third-order valence-corrected chi connectivity index (χ3v) is 5.38. The highest BCUT2D eigenvalue weighted by Crippen LogP contribution is 2.15. The van der Waals surface area contributed by atoms with Crippen molar-refractivity contribution in [3.05, 3.63) is 79.2 Å². The number of aryl methyl sites for hydroxylation is 3. The van der Waals surface area contributed by atoms with E-state index in [2.05, 4.69) is 54.2 Å². The van der Waals surface area contributed by atoms with Gasteiger partial charge in [0.15, 0.2) is 0 Å². The van der Waals surface area contributed by atoms with Crippen LogP contribution in [0, 0.1) is 13.8 Å². The Kier molecular flexibility index (Phi) is 7.70. The summed E-state index contributed by atoms with van der Waals surface area (Å²) in [5.74, 6) is 0.478. The minimum atomic E-state index is -0.161. The number of anilines is 1. The van der Waals surface area contributed by atoms with Gasteiger partial charge in [-0.25, -0.2) is 4.98 Å². The molecule has 0 saturated carbocycles. The molecule has 0 bridgehead atoms. The number of nitrogens with zero attached hydrogens (tertiary/aromatic N) is 3. The molecule has 0 fully saturated rings. The van der Waals surface area contributed by atoms with Gasteiger partial charge >= 0.3 is 0 Å². The SMILES string of the molecule is Cc1cc(Cc2cnc(NCCCCc3ncc(Br)cc3C)[nH]c2=O)cnc1CO. The first-order chi connectivity index (χ1) is 14.5. The number of aromatic amines is 1. The molecule has 0 aliphatic rings. The lowest BCUT2D eigenvalue weighted by molar-refractivity contribution is 0.276. The summed E-state index contributed by atoms with van der Waals surface area (Å²) >= 11 is 3.43. The van der Waals surface area contributed by atoms with Gasteiger partial charge in [-0.15, -0.1) is 0 Å². The highest BCUT2D eigenvalue weighted by Gasteiger charge is 2.07. The Hall–Kier alpha value is -2.58. The Morgan fingerprint density at radius 1 is 1.03 bits per heavy atom. The number of H-pyrrole nitrogens is 1. The number of pyridine rings is 2. The molecule has 0 saturated heterocycles. The summed E-state index contributed by atoms with van der Waals surface area (Å²) in [5.41, 5.74) is 5.19. The first-order valence-corrected chi connectivity index (χ1v) is 10.7. The highest BCUT2D eigenvalue weighted by molar-refractivity contribution is 9.10. The van der Waals surface area contributed by atoms with Crippen LogP contribution in [0.1, 0.15) is 46.5 Å². The summed E-state index contributed by atoms with van der Waals surface area (Å²) < 4.78 is 0.998. The Balaban J connectivity index is 1.49. The molecule has 3 heterocycles. The zero-order chi connectivity index (χ0) is 21.5. The van der Waals surface area contributed by atoms with E-state index in [9.17, 15) is 9.90 Å². The second-order valence-corrected chi connectivity index (χ2v) is 8.24. The molecule has 8 heteroatoms. The number of aromatic nitrogens is 4. The molecule has 3 rings (SSSR count). The van der Waals surface area contributed by atoms with Crippen LogP contribution >= 0.6 is 15.9 Å². The summed E-state index contributed by atoms with van der Waals surface area (Å²) in [4.78, 5) is 28.2. The lowest BCUT2D eigenvalue weighted by Crippen LogP contribution is -2.17. The Morgan fingerprint density at radius 2 is 1.80 bits per heavy atom. The topological polar surface area (TPSA) is 104 Å². The van der Waals surface area contributed by atoms with Crippen molar-refractivity contribution in [1.29, 1.82) is 0 Å². The fourth-order valence-electron chi connectivity index (χ4n) is 3.24. The van der Waals surface area contributed by atoms with Gasteiger partial charge in [-0.2, -0.15) is 0 Å². The summed E-state index contributed by atoms with van der Waals surface area (Å²) in [6.07, 6.45) is 8.44. The zero-order valence-corrected chi connectivity index (χ0v) is 18.8. The summed E-state index contributed by atoms with van der Waals surface area (Å²) in [6, 6.07) is 4.02. The van der Waals surface area contributed by atoms with Gasteiger partial charge < -0.3 is 10.4 Å². The van der Waals surface area contributed by atoms with E-state index >= 15 is 0 Å². The zero-order valence-electron chi connectivity index (χ0n) is 17.2.